The van der Waals surface area contributed by atoms with Gasteiger partial charge in [0.2, 0.25) is 0 Å². The van der Waals surface area contributed by atoms with Crippen LogP contribution in [0.1, 0.15) is 26.2 Å². The second kappa shape index (κ2) is 6.02. The Bertz CT molecular complexity index is 497. The van der Waals surface area contributed by atoms with Crippen molar-refractivity contribution in [2.45, 2.75) is 37.3 Å². The zero-order valence-corrected chi connectivity index (χ0v) is 12.3. The van der Waals surface area contributed by atoms with E-state index in [0.29, 0.717) is 6.04 Å². The molecule has 1 heterocycles. The van der Waals surface area contributed by atoms with E-state index in [1.54, 1.807) is 0 Å². The van der Waals surface area contributed by atoms with Gasteiger partial charge >= 0.3 is 0 Å². The summed E-state index contributed by atoms with van der Waals surface area (Å²) in [5.74, 6) is 2.10. The van der Waals surface area contributed by atoms with Crippen LogP contribution in [0.5, 0.6) is 0 Å². The van der Waals surface area contributed by atoms with Gasteiger partial charge in [0.25, 0.3) is 0 Å². The third-order valence-electron chi connectivity index (χ3n) is 3.77. The molecule has 2 nitrogen and oxygen atoms in total. The highest BCUT2D eigenvalue weighted by atomic mass is 32.2. The van der Waals surface area contributed by atoms with Gasteiger partial charge in [0.05, 0.1) is 5.03 Å². The van der Waals surface area contributed by atoms with E-state index < -0.39 is 0 Å². The van der Waals surface area contributed by atoms with Crippen LogP contribution < -0.4 is 5.32 Å². The number of para-hydroxylation sites is 1. The summed E-state index contributed by atoms with van der Waals surface area (Å²) in [7, 11) is 0. The van der Waals surface area contributed by atoms with Crippen molar-refractivity contribution < 1.29 is 0 Å². The smallest absolute Gasteiger partial charge is 0.0733 e. The second-order valence-electron chi connectivity index (χ2n) is 5.43. The minimum absolute atomic E-state index is 0.691. The van der Waals surface area contributed by atoms with Gasteiger partial charge in [0, 0.05) is 22.7 Å². The standard InChI is InChI=1S/C16H22N2S/c1-2-9-17-15(12-7-8-12)11-19-16-10-13-5-3-4-6-14(13)18-16/h3-6,10,12,15,17-18H,2,7-9,11H2,1H3. The molecule has 0 bridgehead atoms. The number of hydrogen-bond acceptors (Lipinski definition) is 2. The highest BCUT2D eigenvalue weighted by Gasteiger charge is 2.30. The number of thioether (sulfide) groups is 1. The van der Waals surface area contributed by atoms with Gasteiger partial charge in [-0.05, 0) is 43.9 Å². The maximum Gasteiger partial charge on any atom is 0.0733 e. The molecule has 1 aliphatic carbocycles. The van der Waals surface area contributed by atoms with Crippen molar-refractivity contribution in [3.8, 4) is 0 Å². The third kappa shape index (κ3) is 3.34. The summed E-state index contributed by atoms with van der Waals surface area (Å²) in [5.41, 5.74) is 1.24. The van der Waals surface area contributed by atoms with Crippen molar-refractivity contribution >= 4 is 22.7 Å². The van der Waals surface area contributed by atoms with Crippen LogP contribution in [0.25, 0.3) is 10.9 Å². The van der Waals surface area contributed by atoms with Crippen LogP contribution in [-0.2, 0) is 0 Å². The Kier molecular flexibility index (Phi) is 4.14. The van der Waals surface area contributed by atoms with Crippen molar-refractivity contribution in [3.05, 3.63) is 30.3 Å². The summed E-state index contributed by atoms with van der Waals surface area (Å²) in [6.07, 6.45) is 4.05. The first-order valence-corrected chi connectivity index (χ1v) is 8.29. The van der Waals surface area contributed by atoms with Crippen LogP contribution >= 0.6 is 11.8 Å². The Balaban J connectivity index is 1.60. The molecule has 3 rings (SSSR count). The number of benzene rings is 1. The van der Waals surface area contributed by atoms with E-state index in [1.165, 1.54) is 40.9 Å². The van der Waals surface area contributed by atoms with E-state index in [0.717, 1.165) is 12.5 Å². The fraction of sp³-hybridized carbons (Fsp3) is 0.500. The van der Waals surface area contributed by atoms with Gasteiger partial charge < -0.3 is 10.3 Å². The molecule has 1 aliphatic rings. The summed E-state index contributed by atoms with van der Waals surface area (Å²) < 4.78 is 0. The molecule has 102 valence electrons. The molecule has 0 spiro atoms. The molecule has 0 amide bonds. The number of aromatic amines is 1. The SMILES string of the molecule is CCCNC(CSc1cc2ccccc2[nH]1)C1CC1. The molecule has 2 aromatic rings. The van der Waals surface area contributed by atoms with Crippen LogP contribution in [0.4, 0.5) is 0 Å². The molecule has 0 saturated heterocycles. The lowest BCUT2D eigenvalue weighted by Crippen LogP contribution is -2.33. The second-order valence-corrected chi connectivity index (χ2v) is 6.49. The van der Waals surface area contributed by atoms with E-state index >= 15 is 0 Å². The highest BCUT2D eigenvalue weighted by Crippen LogP contribution is 2.35. The zero-order chi connectivity index (χ0) is 13.1. The predicted molar refractivity (Wildman–Crippen MR) is 83.8 cm³/mol. The van der Waals surface area contributed by atoms with Crippen LogP contribution in [-0.4, -0.2) is 23.3 Å². The summed E-state index contributed by atoms with van der Waals surface area (Å²) in [6.45, 7) is 3.39. The number of H-pyrrole nitrogens is 1. The summed E-state index contributed by atoms with van der Waals surface area (Å²) in [4.78, 5) is 3.50. The Hall–Kier alpha value is -0.930. The molecule has 0 aliphatic heterocycles. The van der Waals surface area contributed by atoms with E-state index in [1.807, 2.05) is 11.8 Å². The average Bonchev–Trinajstić information content (AvgIpc) is 3.18. The van der Waals surface area contributed by atoms with Crippen molar-refractivity contribution in [2.24, 2.45) is 5.92 Å². The largest absolute Gasteiger partial charge is 0.350 e. The van der Waals surface area contributed by atoms with Gasteiger partial charge in [-0.1, -0.05) is 25.1 Å². The first-order chi connectivity index (χ1) is 9.36. The minimum atomic E-state index is 0.691. The van der Waals surface area contributed by atoms with Crippen molar-refractivity contribution in [1.82, 2.24) is 10.3 Å². The van der Waals surface area contributed by atoms with Crippen molar-refractivity contribution in [1.29, 1.82) is 0 Å². The number of rotatable bonds is 7. The highest BCUT2D eigenvalue weighted by molar-refractivity contribution is 7.99. The molecule has 1 saturated carbocycles. The molecular weight excluding hydrogens is 252 g/mol. The van der Waals surface area contributed by atoms with E-state index in [9.17, 15) is 0 Å². The van der Waals surface area contributed by atoms with Crippen LogP contribution in [0, 0.1) is 5.92 Å². The number of fused-ring (bicyclic) bond motifs is 1. The lowest BCUT2D eigenvalue weighted by Gasteiger charge is -2.16. The Morgan fingerprint density at radius 1 is 1.37 bits per heavy atom. The van der Waals surface area contributed by atoms with Crippen molar-refractivity contribution in [2.75, 3.05) is 12.3 Å². The molecule has 3 heteroatoms. The molecule has 1 fully saturated rings. The van der Waals surface area contributed by atoms with Gasteiger partial charge in [-0.25, -0.2) is 0 Å². The number of aromatic nitrogens is 1. The van der Waals surface area contributed by atoms with E-state index in [-0.39, 0.29) is 0 Å². The summed E-state index contributed by atoms with van der Waals surface area (Å²) in [5, 5.41) is 6.31. The van der Waals surface area contributed by atoms with Gasteiger partial charge in [0.15, 0.2) is 0 Å². The molecule has 1 aromatic carbocycles. The topological polar surface area (TPSA) is 27.8 Å². The molecular formula is C16H22N2S. The van der Waals surface area contributed by atoms with Gasteiger partial charge in [-0.15, -0.1) is 11.8 Å². The molecule has 1 aromatic heterocycles. The Morgan fingerprint density at radius 3 is 2.95 bits per heavy atom. The van der Waals surface area contributed by atoms with Gasteiger partial charge in [-0.2, -0.15) is 0 Å². The lowest BCUT2D eigenvalue weighted by atomic mass is 10.2. The first-order valence-electron chi connectivity index (χ1n) is 7.30. The van der Waals surface area contributed by atoms with Crippen molar-refractivity contribution in [3.63, 3.8) is 0 Å². The molecule has 0 radical (unpaired) electrons. The number of nitrogens with one attached hydrogen (secondary N) is 2. The maximum absolute atomic E-state index is 3.70. The van der Waals surface area contributed by atoms with Gasteiger partial charge in [-0.3, -0.25) is 0 Å². The quantitative estimate of drug-likeness (QED) is 0.746. The normalized spacial score (nSPS) is 16.9. The monoisotopic (exact) mass is 274 g/mol. The Labute approximate surface area is 119 Å². The summed E-state index contributed by atoms with van der Waals surface area (Å²) >= 11 is 1.95. The minimum Gasteiger partial charge on any atom is -0.350 e. The molecule has 1 unspecified atom stereocenters. The number of hydrogen-bond donors (Lipinski definition) is 2. The summed E-state index contributed by atoms with van der Waals surface area (Å²) in [6, 6.07) is 11.5. The molecule has 19 heavy (non-hydrogen) atoms. The van der Waals surface area contributed by atoms with Crippen LogP contribution in [0.2, 0.25) is 0 Å². The Morgan fingerprint density at radius 2 is 2.21 bits per heavy atom. The average molecular weight is 274 g/mol. The van der Waals surface area contributed by atoms with E-state index in [2.05, 4.69) is 47.6 Å². The zero-order valence-electron chi connectivity index (χ0n) is 11.5. The first kappa shape index (κ1) is 13.1. The van der Waals surface area contributed by atoms with Crippen LogP contribution in [0.3, 0.4) is 0 Å². The fourth-order valence-electron chi connectivity index (χ4n) is 2.49. The van der Waals surface area contributed by atoms with E-state index in [4.69, 9.17) is 0 Å². The fourth-order valence-corrected chi connectivity index (χ4v) is 3.64. The third-order valence-corrected chi connectivity index (χ3v) is 4.83. The molecule has 1 atom stereocenters. The van der Waals surface area contributed by atoms with Crippen LogP contribution in [0.15, 0.2) is 35.4 Å². The molecule has 2 N–H and O–H groups in total. The predicted octanol–water partition coefficient (Wildman–Crippen LogP) is 4.04. The lowest BCUT2D eigenvalue weighted by molar-refractivity contribution is 0.503. The van der Waals surface area contributed by atoms with Gasteiger partial charge in [0.1, 0.15) is 0 Å². The maximum atomic E-state index is 3.70.